The minimum atomic E-state index is -3.78. The van der Waals surface area contributed by atoms with E-state index in [4.69, 9.17) is 9.88 Å². The normalized spacial score (nSPS) is 12.2. The molecule has 3 N–H and O–H groups in total. The van der Waals surface area contributed by atoms with Crippen LogP contribution in [0.3, 0.4) is 0 Å². The first-order valence-corrected chi connectivity index (χ1v) is 9.01. The van der Waals surface area contributed by atoms with Gasteiger partial charge < -0.3 is 10.1 Å². The van der Waals surface area contributed by atoms with Crippen molar-refractivity contribution in [3.05, 3.63) is 64.2 Å². The molecule has 2 aromatic rings. The summed E-state index contributed by atoms with van der Waals surface area (Å²) in [6.45, 7) is 1.30. The van der Waals surface area contributed by atoms with Crippen LogP contribution in [0.2, 0.25) is 0 Å². The van der Waals surface area contributed by atoms with Gasteiger partial charge in [-0.1, -0.05) is 24.3 Å². The summed E-state index contributed by atoms with van der Waals surface area (Å²) in [5.74, 6) is -0.482. The Balaban J connectivity index is 1.96. The van der Waals surface area contributed by atoms with Gasteiger partial charge in [0.15, 0.2) is 12.4 Å². The molecule has 0 bridgehead atoms. The first-order valence-electron chi connectivity index (χ1n) is 7.47. The van der Waals surface area contributed by atoms with Gasteiger partial charge in [0.1, 0.15) is 0 Å². The molecule has 0 aliphatic rings. The maximum absolute atomic E-state index is 12.0. The lowest BCUT2D eigenvalue weighted by Crippen LogP contribution is -2.31. The third kappa shape index (κ3) is 5.01. The summed E-state index contributed by atoms with van der Waals surface area (Å²) in [6.07, 6.45) is 0. The third-order valence-corrected chi connectivity index (χ3v) is 4.44. The lowest BCUT2D eigenvalue weighted by molar-refractivity contribution is -0.385. The van der Waals surface area contributed by atoms with Crippen LogP contribution >= 0.6 is 0 Å². The van der Waals surface area contributed by atoms with E-state index < -0.39 is 33.5 Å². The summed E-state index contributed by atoms with van der Waals surface area (Å²) >= 11 is 0. The number of para-hydroxylation sites is 2. The zero-order valence-electron chi connectivity index (χ0n) is 13.8. The van der Waals surface area contributed by atoms with Gasteiger partial charge in [0, 0.05) is 6.07 Å². The fourth-order valence-electron chi connectivity index (χ4n) is 2.19. The molecule has 0 aromatic heterocycles. The second-order valence-corrected chi connectivity index (χ2v) is 6.98. The number of nitro groups is 1. The second-order valence-electron chi connectivity index (χ2n) is 5.42. The molecule has 2 aromatic carbocycles. The smallest absolute Gasteiger partial charge is 0.310 e. The highest BCUT2D eigenvalue weighted by Gasteiger charge is 2.16. The zero-order valence-corrected chi connectivity index (χ0v) is 14.6. The van der Waals surface area contributed by atoms with E-state index in [1.807, 2.05) is 0 Å². The molecule has 0 heterocycles. The summed E-state index contributed by atoms with van der Waals surface area (Å²) in [6, 6.07) is 11.1. The van der Waals surface area contributed by atoms with Crippen molar-refractivity contribution >= 4 is 21.6 Å². The van der Waals surface area contributed by atoms with E-state index in [1.54, 1.807) is 13.0 Å². The molecule has 0 fully saturated rings. The van der Waals surface area contributed by atoms with Crippen LogP contribution in [0.1, 0.15) is 18.5 Å². The van der Waals surface area contributed by atoms with Crippen molar-refractivity contribution in [2.75, 3.05) is 6.61 Å². The Morgan fingerprint density at radius 2 is 1.85 bits per heavy atom. The molecule has 0 aliphatic carbocycles. The number of nitrogens with zero attached hydrogens (tertiary/aromatic N) is 1. The largest absolute Gasteiger partial charge is 0.477 e. The lowest BCUT2D eigenvalue weighted by Gasteiger charge is -2.15. The van der Waals surface area contributed by atoms with E-state index in [0.717, 1.165) is 0 Å². The molecule has 0 saturated carbocycles. The van der Waals surface area contributed by atoms with Crippen molar-refractivity contribution in [2.45, 2.75) is 17.9 Å². The maximum Gasteiger partial charge on any atom is 0.310 e. The number of carbonyl (C=O) groups excluding carboxylic acids is 1. The Morgan fingerprint density at radius 3 is 2.42 bits per heavy atom. The fraction of sp³-hybridized carbons (Fsp3) is 0.188. The average molecular weight is 379 g/mol. The van der Waals surface area contributed by atoms with E-state index in [-0.39, 0.29) is 16.3 Å². The highest BCUT2D eigenvalue weighted by molar-refractivity contribution is 7.89. The topological polar surface area (TPSA) is 142 Å². The number of nitro benzene ring substituents is 1. The summed E-state index contributed by atoms with van der Waals surface area (Å²) in [5.41, 5.74) is 0.434. The minimum Gasteiger partial charge on any atom is -0.477 e. The molecule has 0 unspecified atom stereocenters. The molecule has 138 valence electrons. The minimum absolute atomic E-state index is 0.00203. The number of benzene rings is 2. The maximum atomic E-state index is 12.0. The van der Waals surface area contributed by atoms with Gasteiger partial charge in [-0.25, -0.2) is 13.6 Å². The van der Waals surface area contributed by atoms with Gasteiger partial charge in [-0.05, 0) is 30.7 Å². The number of ether oxygens (including phenoxy) is 1. The monoisotopic (exact) mass is 379 g/mol. The van der Waals surface area contributed by atoms with Crippen LogP contribution in [-0.4, -0.2) is 25.9 Å². The Labute approximate surface area is 150 Å². The molecular formula is C16H17N3O6S. The Morgan fingerprint density at radius 1 is 1.23 bits per heavy atom. The average Bonchev–Trinajstić information content (AvgIpc) is 2.59. The van der Waals surface area contributed by atoms with E-state index in [2.05, 4.69) is 5.32 Å². The SMILES string of the molecule is C[C@H](NC(=O)COc1ccccc1[N+](=O)[O-])c1ccc(S(N)(=O)=O)cc1. The highest BCUT2D eigenvalue weighted by atomic mass is 32.2. The molecule has 0 spiro atoms. The zero-order chi connectivity index (χ0) is 19.3. The number of rotatable bonds is 7. The van der Waals surface area contributed by atoms with Gasteiger partial charge in [-0.2, -0.15) is 0 Å². The van der Waals surface area contributed by atoms with Crippen LogP contribution in [-0.2, 0) is 14.8 Å². The van der Waals surface area contributed by atoms with Crippen molar-refractivity contribution in [2.24, 2.45) is 5.14 Å². The molecule has 2 rings (SSSR count). The summed E-state index contributed by atoms with van der Waals surface area (Å²) in [4.78, 5) is 22.3. The molecular weight excluding hydrogens is 362 g/mol. The molecule has 1 atom stereocenters. The van der Waals surface area contributed by atoms with Crippen LogP contribution in [0.15, 0.2) is 53.4 Å². The number of amides is 1. The van der Waals surface area contributed by atoms with Crippen molar-refractivity contribution in [3.8, 4) is 5.75 Å². The van der Waals surface area contributed by atoms with Gasteiger partial charge in [0.25, 0.3) is 5.91 Å². The van der Waals surface area contributed by atoms with E-state index in [1.165, 1.54) is 42.5 Å². The molecule has 10 heteroatoms. The van der Waals surface area contributed by atoms with Crippen molar-refractivity contribution in [1.82, 2.24) is 5.32 Å². The van der Waals surface area contributed by atoms with E-state index >= 15 is 0 Å². The van der Waals surface area contributed by atoms with Crippen LogP contribution in [0.5, 0.6) is 5.75 Å². The van der Waals surface area contributed by atoms with Crippen molar-refractivity contribution in [1.29, 1.82) is 0 Å². The summed E-state index contributed by atoms with van der Waals surface area (Å²) in [5, 5.41) is 18.6. The van der Waals surface area contributed by atoms with Gasteiger partial charge in [-0.15, -0.1) is 0 Å². The van der Waals surface area contributed by atoms with Crippen LogP contribution in [0, 0.1) is 10.1 Å². The number of nitrogens with two attached hydrogens (primary N) is 1. The third-order valence-electron chi connectivity index (χ3n) is 3.51. The van der Waals surface area contributed by atoms with Gasteiger partial charge >= 0.3 is 5.69 Å². The number of primary sulfonamides is 1. The highest BCUT2D eigenvalue weighted by Crippen LogP contribution is 2.25. The number of hydrogen-bond acceptors (Lipinski definition) is 6. The molecule has 1 amide bonds. The second kappa shape index (κ2) is 7.93. The molecule has 9 nitrogen and oxygen atoms in total. The van der Waals surface area contributed by atoms with E-state index in [9.17, 15) is 23.3 Å². The lowest BCUT2D eigenvalue weighted by atomic mass is 10.1. The predicted octanol–water partition coefficient (Wildman–Crippen LogP) is 1.50. The van der Waals surface area contributed by atoms with Gasteiger partial charge in [0.05, 0.1) is 15.9 Å². The van der Waals surface area contributed by atoms with Crippen LogP contribution < -0.4 is 15.2 Å². The Hall–Kier alpha value is -2.98. The van der Waals surface area contributed by atoms with E-state index in [0.29, 0.717) is 5.56 Å². The first-order chi connectivity index (χ1) is 12.2. The predicted molar refractivity (Wildman–Crippen MR) is 93.0 cm³/mol. The number of nitrogens with one attached hydrogen (secondary N) is 1. The van der Waals surface area contributed by atoms with Crippen LogP contribution in [0.25, 0.3) is 0 Å². The molecule has 0 radical (unpaired) electrons. The van der Waals surface area contributed by atoms with Crippen molar-refractivity contribution < 1.29 is 22.9 Å². The molecule has 0 saturated heterocycles. The first kappa shape index (κ1) is 19.3. The van der Waals surface area contributed by atoms with Gasteiger partial charge in [0.2, 0.25) is 10.0 Å². The Kier molecular flexibility index (Phi) is 5.90. The standard InChI is InChI=1S/C16H17N3O6S/c1-11(12-6-8-13(9-7-12)26(17,23)24)18-16(20)10-25-15-5-3-2-4-14(15)19(21)22/h2-9,11H,10H2,1H3,(H,18,20)(H2,17,23,24)/t11-/m0/s1. The van der Waals surface area contributed by atoms with Gasteiger partial charge in [-0.3, -0.25) is 14.9 Å². The summed E-state index contributed by atoms with van der Waals surface area (Å²) < 4.78 is 27.7. The van der Waals surface area contributed by atoms with Crippen LogP contribution in [0.4, 0.5) is 5.69 Å². The number of hydrogen-bond donors (Lipinski definition) is 2. The quantitative estimate of drug-likeness (QED) is 0.551. The number of carbonyl (C=O) groups is 1. The molecule has 26 heavy (non-hydrogen) atoms. The Bertz CT molecular complexity index is 912. The number of sulfonamides is 1. The summed E-state index contributed by atoms with van der Waals surface area (Å²) in [7, 11) is -3.78. The molecule has 0 aliphatic heterocycles. The fourth-order valence-corrected chi connectivity index (χ4v) is 2.70. The van der Waals surface area contributed by atoms with Crippen molar-refractivity contribution in [3.63, 3.8) is 0 Å².